The van der Waals surface area contributed by atoms with Gasteiger partial charge in [-0.05, 0) is 49.8 Å². The molecule has 4 rings (SSSR count). The van der Waals surface area contributed by atoms with E-state index in [0.717, 1.165) is 17.8 Å². The van der Waals surface area contributed by atoms with E-state index in [9.17, 15) is 14.7 Å². The average molecular weight is 312 g/mol. The molecule has 1 fully saturated rings. The second kappa shape index (κ2) is 4.84. The summed E-state index contributed by atoms with van der Waals surface area (Å²) < 4.78 is 0. The minimum absolute atomic E-state index is 0.187. The highest BCUT2D eigenvalue weighted by atomic mass is 16.4. The van der Waals surface area contributed by atoms with Crippen LogP contribution in [0.5, 0.6) is 0 Å². The lowest BCUT2D eigenvalue weighted by atomic mass is 10.0. The van der Waals surface area contributed by atoms with Crippen molar-refractivity contribution in [1.29, 1.82) is 0 Å². The molecule has 0 saturated heterocycles. The van der Waals surface area contributed by atoms with E-state index in [0.29, 0.717) is 17.2 Å². The molecule has 1 aromatic carbocycles. The first-order chi connectivity index (χ1) is 11.0. The molecule has 3 aliphatic rings. The number of benzene rings is 1. The van der Waals surface area contributed by atoms with Gasteiger partial charge < -0.3 is 10.4 Å². The standard InChI is InChI=1S/C16H16N4O3/c1-8-4-13-12(6-11(8)16(22)23)18-15(21)14-19-17-7-10(20(13)14)5-9-2-3-9/h4,6-7,9,17H,2-3,5H2,1H3,(H,18,21)(H,22,23). The number of carboxylic acids is 1. The first-order valence-electron chi connectivity index (χ1n) is 7.56. The van der Waals surface area contributed by atoms with E-state index in [-0.39, 0.29) is 17.3 Å². The van der Waals surface area contributed by atoms with Gasteiger partial charge in [-0.2, -0.15) is 5.10 Å². The van der Waals surface area contributed by atoms with E-state index in [1.165, 1.54) is 18.9 Å². The third-order valence-electron chi connectivity index (χ3n) is 4.36. The van der Waals surface area contributed by atoms with Crippen LogP contribution in [0.25, 0.3) is 0 Å². The fourth-order valence-electron chi connectivity index (χ4n) is 2.99. The number of hydrogen-bond donors (Lipinski definition) is 3. The second-order valence-electron chi connectivity index (χ2n) is 6.13. The predicted molar refractivity (Wildman–Crippen MR) is 85.2 cm³/mol. The highest BCUT2D eigenvalue weighted by Gasteiger charge is 2.36. The predicted octanol–water partition coefficient (Wildman–Crippen LogP) is 2.01. The lowest BCUT2D eigenvalue weighted by molar-refractivity contribution is -0.110. The normalized spacial score (nSPS) is 19.0. The third kappa shape index (κ3) is 2.25. The zero-order valence-electron chi connectivity index (χ0n) is 12.6. The van der Waals surface area contributed by atoms with E-state index in [2.05, 4.69) is 15.8 Å². The molecule has 1 aromatic rings. The molecule has 7 heteroatoms. The summed E-state index contributed by atoms with van der Waals surface area (Å²) in [5, 5.41) is 16.1. The highest BCUT2D eigenvalue weighted by molar-refractivity contribution is 6.50. The third-order valence-corrected chi connectivity index (χ3v) is 4.36. The lowest BCUT2D eigenvalue weighted by Gasteiger charge is -2.35. The number of aryl methyl sites for hydroxylation is 1. The Morgan fingerprint density at radius 1 is 1.43 bits per heavy atom. The molecule has 23 heavy (non-hydrogen) atoms. The van der Waals surface area contributed by atoms with Crippen molar-refractivity contribution >= 4 is 29.1 Å². The number of amides is 1. The fraction of sp³-hybridized carbons (Fsp3) is 0.312. The lowest BCUT2D eigenvalue weighted by Crippen LogP contribution is -2.47. The number of hydrogen-bond acceptors (Lipinski definition) is 5. The molecular weight excluding hydrogens is 296 g/mol. The summed E-state index contributed by atoms with van der Waals surface area (Å²) in [5.41, 5.74) is 5.88. The van der Waals surface area contributed by atoms with Gasteiger partial charge in [-0.1, -0.05) is 0 Å². The molecule has 7 nitrogen and oxygen atoms in total. The number of allylic oxidation sites excluding steroid dienone is 1. The summed E-state index contributed by atoms with van der Waals surface area (Å²) in [5.74, 6) is -0.409. The molecule has 0 unspecified atom stereocenters. The van der Waals surface area contributed by atoms with Crippen LogP contribution >= 0.6 is 0 Å². The number of nitrogens with zero attached hydrogens (tertiary/aromatic N) is 2. The number of hydrazone groups is 1. The topological polar surface area (TPSA) is 94.0 Å². The Bertz CT molecular complexity index is 793. The monoisotopic (exact) mass is 312 g/mol. The Kier molecular flexibility index (Phi) is 2.90. The van der Waals surface area contributed by atoms with Crippen molar-refractivity contribution in [3.63, 3.8) is 0 Å². The zero-order chi connectivity index (χ0) is 16.1. The Hall–Kier alpha value is -2.83. The molecule has 3 N–H and O–H groups in total. The van der Waals surface area contributed by atoms with Gasteiger partial charge in [0.05, 0.1) is 16.9 Å². The van der Waals surface area contributed by atoms with Gasteiger partial charge in [0.15, 0.2) is 0 Å². The smallest absolute Gasteiger partial charge is 0.336 e. The van der Waals surface area contributed by atoms with Crippen LogP contribution in [0.1, 0.15) is 35.2 Å². The molecule has 0 spiro atoms. The summed E-state index contributed by atoms with van der Waals surface area (Å²) in [6.45, 7) is 1.75. The van der Waals surface area contributed by atoms with Crippen LogP contribution in [0.2, 0.25) is 0 Å². The molecule has 1 aliphatic carbocycles. The molecule has 0 radical (unpaired) electrons. The Morgan fingerprint density at radius 2 is 2.22 bits per heavy atom. The maximum absolute atomic E-state index is 12.3. The minimum atomic E-state index is -1.01. The van der Waals surface area contributed by atoms with E-state index in [4.69, 9.17) is 0 Å². The number of amidine groups is 1. The average Bonchev–Trinajstić information content (AvgIpc) is 3.31. The van der Waals surface area contributed by atoms with Crippen molar-refractivity contribution in [1.82, 2.24) is 5.43 Å². The van der Waals surface area contributed by atoms with E-state index < -0.39 is 5.97 Å². The molecule has 1 amide bonds. The fourth-order valence-corrected chi connectivity index (χ4v) is 2.99. The van der Waals surface area contributed by atoms with Gasteiger partial charge in [0.2, 0.25) is 5.84 Å². The van der Waals surface area contributed by atoms with Crippen LogP contribution in [0, 0.1) is 12.8 Å². The van der Waals surface area contributed by atoms with Crippen molar-refractivity contribution in [2.45, 2.75) is 26.2 Å². The Labute approximate surface area is 132 Å². The summed E-state index contributed by atoms with van der Waals surface area (Å²) in [6, 6.07) is 3.30. The summed E-state index contributed by atoms with van der Waals surface area (Å²) in [7, 11) is 0. The quantitative estimate of drug-likeness (QED) is 0.794. The maximum atomic E-state index is 12.3. The zero-order valence-corrected chi connectivity index (χ0v) is 12.6. The van der Waals surface area contributed by atoms with E-state index in [1.54, 1.807) is 13.0 Å². The summed E-state index contributed by atoms with van der Waals surface area (Å²) >= 11 is 0. The van der Waals surface area contributed by atoms with Gasteiger partial charge in [-0.3, -0.25) is 15.1 Å². The van der Waals surface area contributed by atoms with Crippen LogP contribution in [0.15, 0.2) is 29.1 Å². The number of anilines is 2. The van der Waals surface area contributed by atoms with Gasteiger partial charge in [0.25, 0.3) is 5.91 Å². The van der Waals surface area contributed by atoms with Gasteiger partial charge in [0, 0.05) is 11.9 Å². The van der Waals surface area contributed by atoms with Crippen molar-refractivity contribution < 1.29 is 14.7 Å². The van der Waals surface area contributed by atoms with Crippen LogP contribution in [-0.4, -0.2) is 22.8 Å². The first kappa shape index (κ1) is 13.8. The molecule has 0 atom stereocenters. The van der Waals surface area contributed by atoms with Crippen molar-refractivity contribution in [2.75, 3.05) is 10.2 Å². The Morgan fingerprint density at radius 3 is 2.91 bits per heavy atom. The van der Waals surface area contributed by atoms with Crippen molar-refractivity contribution in [3.05, 3.63) is 35.2 Å². The van der Waals surface area contributed by atoms with Crippen LogP contribution in [-0.2, 0) is 4.79 Å². The number of rotatable bonds is 3. The molecular formula is C16H16N4O3. The SMILES string of the molecule is Cc1cc2c(cc1C(=O)O)NC(=O)C1=NNC=C(CC3CC3)N12. The second-order valence-corrected chi connectivity index (χ2v) is 6.13. The number of nitrogens with one attached hydrogen (secondary N) is 2. The minimum Gasteiger partial charge on any atom is -0.478 e. The van der Waals surface area contributed by atoms with Gasteiger partial charge in [-0.15, -0.1) is 0 Å². The van der Waals surface area contributed by atoms with Crippen molar-refractivity contribution in [3.8, 4) is 0 Å². The number of carboxylic acid groups (broad SMARTS) is 1. The van der Waals surface area contributed by atoms with Gasteiger partial charge in [-0.25, -0.2) is 4.79 Å². The molecule has 1 saturated carbocycles. The van der Waals surface area contributed by atoms with Gasteiger partial charge in [0.1, 0.15) is 0 Å². The molecule has 0 aromatic heterocycles. The largest absolute Gasteiger partial charge is 0.478 e. The molecule has 2 heterocycles. The first-order valence-corrected chi connectivity index (χ1v) is 7.56. The number of carbonyl (C=O) groups excluding carboxylic acids is 1. The molecule has 0 bridgehead atoms. The van der Waals surface area contributed by atoms with E-state index in [1.807, 2.05) is 11.1 Å². The van der Waals surface area contributed by atoms with Crippen molar-refractivity contribution in [2.24, 2.45) is 11.0 Å². The van der Waals surface area contributed by atoms with Crippen LogP contribution in [0.3, 0.4) is 0 Å². The van der Waals surface area contributed by atoms with Crippen LogP contribution < -0.4 is 15.6 Å². The highest BCUT2D eigenvalue weighted by Crippen LogP contribution is 2.41. The van der Waals surface area contributed by atoms with Gasteiger partial charge >= 0.3 is 5.97 Å². The number of aromatic carboxylic acids is 1. The summed E-state index contributed by atoms with van der Waals surface area (Å²) in [4.78, 5) is 25.5. The van der Waals surface area contributed by atoms with Crippen LogP contribution in [0.4, 0.5) is 11.4 Å². The Balaban J connectivity index is 1.82. The van der Waals surface area contributed by atoms with E-state index >= 15 is 0 Å². The summed E-state index contributed by atoms with van der Waals surface area (Å²) in [6.07, 6.45) is 5.09. The molecule has 118 valence electrons. The molecule has 2 aliphatic heterocycles. The number of carbonyl (C=O) groups is 2. The maximum Gasteiger partial charge on any atom is 0.336 e. The number of fused-ring (bicyclic) bond motifs is 3.